The number of pyridine rings is 1. The molecule has 0 bridgehead atoms. The summed E-state index contributed by atoms with van der Waals surface area (Å²) < 4.78 is 1.07. The van der Waals surface area contributed by atoms with Gasteiger partial charge in [-0.15, -0.1) is 0 Å². The average molecular weight is 311 g/mol. The molecule has 1 heterocycles. The SMILES string of the molecule is CNCC1CCCCCC1Cc1ccc(Br)cn1. The summed E-state index contributed by atoms with van der Waals surface area (Å²) in [4.78, 5) is 4.53. The summed E-state index contributed by atoms with van der Waals surface area (Å²) in [5, 5.41) is 3.36. The Morgan fingerprint density at radius 2 is 2.00 bits per heavy atom. The lowest BCUT2D eigenvalue weighted by atomic mass is 9.84. The van der Waals surface area contributed by atoms with Crippen molar-refractivity contribution in [3.8, 4) is 0 Å². The van der Waals surface area contributed by atoms with Gasteiger partial charge in [-0.2, -0.15) is 0 Å². The van der Waals surface area contributed by atoms with E-state index in [1.54, 1.807) is 0 Å². The highest BCUT2D eigenvalue weighted by molar-refractivity contribution is 9.10. The Balaban J connectivity index is 2.01. The van der Waals surface area contributed by atoms with E-state index in [4.69, 9.17) is 0 Å². The third kappa shape index (κ3) is 4.06. The quantitative estimate of drug-likeness (QED) is 0.856. The van der Waals surface area contributed by atoms with Crippen molar-refractivity contribution in [2.45, 2.75) is 38.5 Å². The van der Waals surface area contributed by atoms with Crippen LogP contribution >= 0.6 is 15.9 Å². The van der Waals surface area contributed by atoms with Gasteiger partial charge < -0.3 is 5.32 Å². The van der Waals surface area contributed by atoms with Crippen molar-refractivity contribution >= 4 is 15.9 Å². The van der Waals surface area contributed by atoms with Crippen LogP contribution < -0.4 is 5.32 Å². The minimum atomic E-state index is 0.800. The lowest BCUT2D eigenvalue weighted by Gasteiger charge is -2.24. The number of nitrogens with zero attached hydrogens (tertiary/aromatic N) is 1. The van der Waals surface area contributed by atoms with Gasteiger partial charge in [-0.1, -0.05) is 19.3 Å². The zero-order chi connectivity index (χ0) is 12.8. The largest absolute Gasteiger partial charge is 0.319 e. The van der Waals surface area contributed by atoms with Gasteiger partial charge in [-0.3, -0.25) is 4.98 Å². The predicted molar refractivity (Wildman–Crippen MR) is 79.6 cm³/mol. The molecule has 2 unspecified atom stereocenters. The van der Waals surface area contributed by atoms with Crippen molar-refractivity contribution in [2.24, 2.45) is 11.8 Å². The third-order valence-electron chi connectivity index (χ3n) is 4.04. The second-order valence-corrected chi connectivity index (χ2v) is 6.30. The summed E-state index contributed by atoms with van der Waals surface area (Å²) >= 11 is 3.45. The van der Waals surface area contributed by atoms with E-state index in [2.05, 4.69) is 45.4 Å². The third-order valence-corrected chi connectivity index (χ3v) is 4.51. The van der Waals surface area contributed by atoms with Crippen molar-refractivity contribution < 1.29 is 0 Å². The zero-order valence-corrected chi connectivity index (χ0v) is 12.7. The summed E-state index contributed by atoms with van der Waals surface area (Å²) in [5.41, 5.74) is 1.24. The molecule has 0 spiro atoms. The first kappa shape index (κ1) is 14.0. The molecule has 3 heteroatoms. The van der Waals surface area contributed by atoms with Gasteiger partial charge in [0.1, 0.15) is 0 Å². The van der Waals surface area contributed by atoms with Gasteiger partial charge in [0.15, 0.2) is 0 Å². The van der Waals surface area contributed by atoms with Crippen molar-refractivity contribution in [3.63, 3.8) is 0 Å². The highest BCUT2D eigenvalue weighted by Crippen LogP contribution is 2.30. The van der Waals surface area contributed by atoms with Crippen LogP contribution in [0.2, 0.25) is 0 Å². The lowest BCUT2D eigenvalue weighted by Crippen LogP contribution is -2.26. The van der Waals surface area contributed by atoms with Crippen LogP contribution in [0.3, 0.4) is 0 Å². The summed E-state index contributed by atoms with van der Waals surface area (Å²) in [6.45, 7) is 1.15. The van der Waals surface area contributed by atoms with Crippen molar-refractivity contribution in [3.05, 3.63) is 28.5 Å². The lowest BCUT2D eigenvalue weighted by molar-refractivity contribution is 0.302. The maximum absolute atomic E-state index is 4.53. The minimum Gasteiger partial charge on any atom is -0.319 e. The molecular formula is C15H23BrN2. The maximum Gasteiger partial charge on any atom is 0.0413 e. The second kappa shape index (κ2) is 7.25. The molecule has 0 aliphatic heterocycles. The van der Waals surface area contributed by atoms with Crippen LogP contribution in [-0.4, -0.2) is 18.6 Å². The molecule has 1 aliphatic carbocycles. The fraction of sp³-hybridized carbons (Fsp3) is 0.667. The molecule has 2 atom stereocenters. The standard InChI is InChI=1S/C15H23BrN2/c1-17-10-13-6-4-2-3-5-12(13)9-15-8-7-14(16)11-18-15/h7-8,11-13,17H,2-6,9-10H2,1H3. The zero-order valence-electron chi connectivity index (χ0n) is 11.2. The Bertz CT molecular complexity index is 350. The fourth-order valence-electron chi connectivity index (χ4n) is 3.06. The van der Waals surface area contributed by atoms with Gasteiger partial charge in [0.25, 0.3) is 0 Å². The van der Waals surface area contributed by atoms with E-state index < -0.39 is 0 Å². The van der Waals surface area contributed by atoms with Crippen LogP contribution in [0.4, 0.5) is 0 Å². The van der Waals surface area contributed by atoms with Crippen molar-refractivity contribution in [2.75, 3.05) is 13.6 Å². The van der Waals surface area contributed by atoms with Gasteiger partial charge in [-0.05, 0) is 72.8 Å². The molecule has 18 heavy (non-hydrogen) atoms. The smallest absolute Gasteiger partial charge is 0.0413 e. The summed E-state index contributed by atoms with van der Waals surface area (Å²) in [6.07, 6.45) is 9.99. The van der Waals surface area contributed by atoms with Gasteiger partial charge in [0.2, 0.25) is 0 Å². The average Bonchev–Trinajstić information content (AvgIpc) is 2.59. The Morgan fingerprint density at radius 1 is 1.22 bits per heavy atom. The molecule has 1 saturated carbocycles. The number of hydrogen-bond donors (Lipinski definition) is 1. The molecule has 100 valence electrons. The fourth-order valence-corrected chi connectivity index (χ4v) is 3.29. The van der Waals surface area contributed by atoms with Gasteiger partial charge >= 0.3 is 0 Å². The summed E-state index contributed by atoms with van der Waals surface area (Å²) in [5.74, 6) is 1.62. The molecule has 0 radical (unpaired) electrons. The van der Waals surface area contributed by atoms with Crippen LogP contribution in [0.15, 0.2) is 22.8 Å². The second-order valence-electron chi connectivity index (χ2n) is 5.39. The first-order valence-corrected chi connectivity index (χ1v) is 7.84. The first-order valence-electron chi connectivity index (χ1n) is 7.04. The van der Waals surface area contributed by atoms with Crippen molar-refractivity contribution in [1.82, 2.24) is 10.3 Å². The first-order chi connectivity index (χ1) is 8.79. The maximum atomic E-state index is 4.53. The van der Waals surface area contributed by atoms with Gasteiger partial charge in [-0.25, -0.2) is 0 Å². The highest BCUT2D eigenvalue weighted by Gasteiger charge is 2.23. The predicted octanol–water partition coefficient (Wildman–Crippen LogP) is 3.80. The van der Waals surface area contributed by atoms with E-state index in [0.717, 1.165) is 29.3 Å². The Labute approximate surface area is 119 Å². The molecule has 1 N–H and O–H groups in total. The van der Waals surface area contributed by atoms with Crippen molar-refractivity contribution in [1.29, 1.82) is 0 Å². The summed E-state index contributed by atoms with van der Waals surface area (Å²) in [7, 11) is 2.07. The molecule has 1 aliphatic rings. The molecule has 1 aromatic heterocycles. The Hall–Kier alpha value is -0.410. The van der Waals surface area contributed by atoms with Crippen LogP contribution in [0.1, 0.15) is 37.8 Å². The number of rotatable bonds is 4. The molecule has 0 amide bonds. The van der Waals surface area contributed by atoms with E-state index in [-0.39, 0.29) is 0 Å². The normalized spacial score (nSPS) is 24.8. The molecule has 0 saturated heterocycles. The Morgan fingerprint density at radius 3 is 2.67 bits per heavy atom. The molecule has 1 aromatic rings. The van der Waals surface area contributed by atoms with E-state index in [1.807, 2.05) is 6.20 Å². The molecule has 0 aromatic carbocycles. The monoisotopic (exact) mass is 310 g/mol. The number of nitrogens with one attached hydrogen (secondary N) is 1. The van der Waals surface area contributed by atoms with E-state index >= 15 is 0 Å². The topological polar surface area (TPSA) is 24.9 Å². The number of halogens is 1. The molecule has 1 fully saturated rings. The van der Waals surface area contributed by atoms with Crippen LogP contribution in [0.5, 0.6) is 0 Å². The molecule has 2 nitrogen and oxygen atoms in total. The van der Waals surface area contributed by atoms with Crippen LogP contribution in [0, 0.1) is 11.8 Å². The van der Waals surface area contributed by atoms with Gasteiger partial charge in [0, 0.05) is 16.4 Å². The van der Waals surface area contributed by atoms with Crippen LogP contribution in [-0.2, 0) is 6.42 Å². The number of hydrogen-bond acceptors (Lipinski definition) is 2. The van der Waals surface area contributed by atoms with Gasteiger partial charge in [0.05, 0.1) is 0 Å². The van der Waals surface area contributed by atoms with E-state index in [0.29, 0.717) is 0 Å². The molecular weight excluding hydrogens is 288 g/mol. The highest BCUT2D eigenvalue weighted by atomic mass is 79.9. The molecule has 2 rings (SSSR count). The minimum absolute atomic E-state index is 0.800. The van der Waals surface area contributed by atoms with Crippen LogP contribution in [0.25, 0.3) is 0 Å². The Kier molecular flexibility index (Phi) is 5.64. The number of aromatic nitrogens is 1. The summed E-state index contributed by atoms with van der Waals surface area (Å²) in [6, 6.07) is 4.26. The van der Waals surface area contributed by atoms with E-state index in [9.17, 15) is 0 Å². The van der Waals surface area contributed by atoms with E-state index in [1.165, 1.54) is 37.8 Å².